The lowest BCUT2D eigenvalue weighted by Crippen LogP contribution is -2.13. The van der Waals surface area contributed by atoms with Gasteiger partial charge in [-0.3, -0.25) is 4.79 Å². The molecular weight excluding hydrogens is 314 g/mol. The lowest BCUT2D eigenvalue weighted by molar-refractivity contribution is -0.122. The highest BCUT2D eigenvalue weighted by atomic mass is 35.5. The van der Waals surface area contributed by atoms with Gasteiger partial charge in [0, 0.05) is 35.6 Å². The van der Waals surface area contributed by atoms with E-state index < -0.39 is 24.7 Å². The average Bonchev–Trinajstić information content (AvgIpc) is 2.29. The SMILES string of the molecule is C=O.Cl.Cl.O=CO.[2H]C([2H])(Cl)C([2H])([2H])N(C)C.[2H]C([2H])(N)C([2H])([2H])Cl. The summed E-state index contributed by atoms with van der Waals surface area (Å²) in [5.74, 6) is -4.83. The van der Waals surface area contributed by atoms with E-state index in [0.29, 0.717) is 0 Å². The van der Waals surface area contributed by atoms with Crippen molar-refractivity contribution in [3.05, 3.63) is 0 Å². The monoisotopic (exact) mass is 342 g/mol. The Morgan fingerprint density at radius 2 is 1.59 bits per heavy atom. The van der Waals surface area contributed by atoms with Crippen molar-refractivity contribution in [2.75, 3.05) is 38.8 Å². The Labute approximate surface area is 137 Å². The minimum Gasteiger partial charge on any atom is -0.483 e. The van der Waals surface area contributed by atoms with Crippen molar-refractivity contribution in [3.8, 4) is 0 Å². The van der Waals surface area contributed by atoms with E-state index in [-0.39, 0.29) is 31.3 Å². The third-order valence-corrected chi connectivity index (χ3v) is 0.514. The number of nitrogens with zero attached hydrogens (tertiary/aromatic N) is 1. The first-order valence-corrected chi connectivity index (χ1v) is 3.82. The lowest BCUT2D eigenvalue weighted by atomic mass is 10.7. The standard InChI is InChI=1S/C4H10ClN.C2H6ClN.CH2O2.CH2O.2ClH/c1-6(2)4-3-5;3-1-2-4;2-1-3;1-2;;/h3-4H2,1-2H3;1-2,4H2;1H,(H,2,3);1H2;2*1H/i3D2,4D2;1D2,2D2;;;;. The third-order valence-electron chi connectivity index (χ3n) is 0.320. The van der Waals surface area contributed by atoms with Crippen molar-refractivity contribution in [2.24, 2.45) is 5.73 Å². The van der Waals surface area contributed by atoms with Gasteiger partial charge in [-0.05, 0) is 14.1 Å². The van der Waals surface area contributed by atoms with Crippen LogP contribution >= 0.6 is 48.0 Å². The van der Waals surface area contributed by atoms with Crippen LogP contribution in [0.4, 0.5) is 0 Å². The number of carbonyl (C=O) groups is 2. The number of carboxylic acid groups (broad SMARTS) is 1. The second-order valence-corrected chi connectivity index (χ2v) is 1.82. The van der Waals surface area contributed by atoms with Gasteiger partial charge in [-0.15, -0.1) is 48.0 Å². The van der Waals surface area contributed by atoms with E-state index in [0.717, 1.165) is 4.90 Å². The van der Waals surface area contributed by atoms with Crippen LogP contribution in [-0.2, 0) is 9.59 Å². The van der Waals surface area contributed by atoms with Gasteiger partial charge in [-0.25, -0.2) is 0 Å². The van der Waals surface area contributed by atoms with E-state index in [4.69, 9.17) is 48.9 Å². The molecule has 3 N–H and O–H groups in total. The van der Waals surface area contributed by atoms with Crippen LogP contribution in [0.5, 0.6) is 0 Å². The molecule has 9 heteroatoms. The highest BCUT2D eigenvalue weighted by Gasteiger charge is 1.81. The number of alkyl halides is 2. The Kier molecular flexibility index (Phi) is 40.1. The molecule has 0 aromatic heterocycles. The van der Waals surface area contributed by atoms with Crippen LogP contribution in [0.3, 0.4) is 0 Å². The van der Waals surface area contributed by atoms with Crippen LogP contribution in [0.2, 0.25) is 0 Å². The summed E-state index contributed by atoms with van der Waals surface area (Å²) >= 11 is 9.98. The van der Waals surface area contributed by atoms with Crippen LogP contribution in [0.25, 0.3) is 0 Å². The second-order valence-electron chi connectivity index (χ2n) is 1.44. The van der Waals surface area contributed by atoms with Crippen LogP contribution in [0.15, 0.2) is 0 Å². The fourth-order valence-electron chi connectivity index (χ4n) is 0.0845. The molecule has 0 aliphatic carbocycles. The van der Waals surface area contributed by atoms with E-state index in [2.05, 4.69) is 5.73 Å². The Morgan fingerprint density at radius 1 is 1.35 bits per heavy atom. The molecule has 0 heterocycles. The highest BCUT2D eigenvalue weighted by molar-refractivity contribution is 6.18. The molecule has 0 fully saturated rings. The minimum atomic E-state index is -2.48. The lowest BCUT2D eigenvalue weighted by Gasteiger charge is -2.02. The van der Waals surface area contributed by atoms with Crippen LogP contribution < -0.4 is 5.73 Å². The molecule has 0 amide bonds. The van der Waals surface area contributed by atoms with Crippen LogP contribution in [0.1, 0.15) is 11.0 Å². The summed E-state index contributed by atoms with van der Waals surface area (Å²) < 4.78 is 54.1. The Bertz CT molecular complexity index is 312. The molecule has 0 aromatic rings. The quantitative estimate of drug-likeness (QED) is 0.596. The molecule has 5 nitrogen and oxygen atoms in total. The molecule has 0 unspecified atom stereocenters. The molecule has 110 valence electrons. The third kappa shape index (κ3) is 184. The number of nitrogens with two attached hydrogens (primary N) is 1. The molecule has 0 aliphatic rings. The van der Waals surface area contributed by atoms with Gasteiger partial charge in [0.05, 0.1) is 0 Å². The maximum atomic E-state index is 8.36. The van der Waals surface area contributed by atoms with E-state index in [9.17, 15) is 0 Å². The van der Waals surface area contributed by atoms with E-state index in [1.165, 1.54) is 14.1 Å². The van der Waals surface area contributed by atoms with Gasteiger partial charge < -0.3 is 20.5 Å². The van der Waals surface area contributed by atoms with Crippen LogP contribution in [-0.4, -0.2) is 62.0 Å². The summed E-state index contributed by atoms with van der Waals surface area (Å²) in [6, 6.07) is 0. The van der Waals surface area contributed by atoms with Crippen molar-refractivity contribution in [1.82, 2.24) is 4.90 Å². The van der Waals surface area contributed by atoms with E-state index in [1.54, 1.807) is 0 Å². The van der Waals surface area contributed by atoms with Crippen molar-refractivity contribution in [2.45, 2.75) is 0 Å². The molecule has 0 aliphatic heterocycles. The van der Waals surface area contributed by atoms with Crippen molar-refractivity contribution in [1.29, 1.82) is 0 Å². The minimum absolute atomic E-state index is 0. The molecule has 17 heavy (non-hydrogen) atoms. The van der Waals surface area contributed by atoms with Gasteiger partial charge in [-0.1, -0.05) is 0 Å². The van der Waals surface area contributed by atoms with Crippen molar-refractivity contribution >= 4 is 61.3 Å². The van der Waals surface area contributed by atoms with Gasteiger partial charge in [0.25, 0.3) is 6.47 Å². The number of hydrogen-bond acceptors (Lipinski definition) is 4. The van der Waals surface area contributed by atoms with Gasteiger partial charge in [0.1, 0.15) is 6.79 Å². The smallest absolute Gasteiger partial charge is 0.290 e. The maximum Gasteiger partial charge on any atom is 0.290 e. The van der Waals surface area contributed by atoms with Crippen molar-refractivity contribution in [3.63, 3.8) is 0 Å². The molecule has 0 spiro atoms. The van der Waals surface area contributed by atoms with Crippen LogP contribution in [0, 0.1) is 0 Å². The molecule has 0 rings (SSSR count). The zero-order valence-corrected chi connectivity index (χ0v) is 12.3. The maximum absolute atomic E-state index is 8.36. The first-order valence-electron chi connectivity index (χ1n) is 7.07. The number of carbonyl (C=O) groups excluding carboxylic acids is 1. The highest BCUT2D eigenvalue weighted by Crippen LogP contribution is 1.75. The van der Waals surface area contributed by atoms with Gasteiger partial charge in [0.15, 0.2) is 0 Å². The summed E-state index contributed by atoms with van der Waals surface area (Å²) in [5.41, 5.74) is 4.64. The second kappa shape index (κ2) is 55.6. The fourth-order valence-corrected chi connectivity index (χ4v) is 0.254. The normalized spacial score (nSPS) is 16.6. The molecule has 0 atom stereocenters. The Hall–Kier alpha value is 0.220. The molecule has 0 radical (unpaired) electrons. The first-order chi connectivity index (χ1) is 9.86. The molecule has 0 saturated heterocycles. The predicted molar refractivity (Wildman–Crippen MR) is 79.4 cm³/mol. The summed E-state index contributed by atoms with van der Waals surface area (Å²) in [5, 5.41) is 6.89. The largest absolute Gasteiger partial charge is 0.483 e. The van der Waals surface area contributed by atoms with Gasteiger partial charge >= 0.3 is 0 Å². The average molecular weight is 344 g/mol. The number of hydrogen-bond donors (Lipinski definition) is 2. The summed E-state index contributed by atoms with van der Waals surface area (Å²) in [4.78, 5) is 17.5. The predicted octanol–water partition coefficient (Wildman–Crippen LogP) is 1.33. The summed E-state index contributed by atoms with van der Waals surface area (Å²) in [7, 11) is 2.86. The molecule has 0 aromatic carbocycles. The first kappa shape index (κ1) is 12.3. The fraction of sp³-hybridized carbons (Fsp3) is 0.750. The van der Waals surface area contributed by atoms with Gasteiger partial charge in [-0.2, -0.15) is 0 Å². The number of rotatable bonds is 3. The molecular formula is C8H22Cl4N2O3. The molecule has 0 bridgehead atoms. The van der Waals surface area contributed by atoms with E-state index >= 15 is 0 Å². The summed E-state index contributed by atoms with van der Waals surface area (Å²) in [6.45, 7) is -2.84. The van der Waals surface area contributed by atoms with Crippen molar-refractivity contribution < 1.29 is 25.7 Å². The Morgan fingerprint density at radius 3 is 1.59 bits per heavy atom. The summed E-state index contributed by atoms with van der Waals surface area (Å²) in [6.07, 6.45) is 0. The molecule has 0 saturated carbocycles. The van der Waals surface area contributed by atoms with E-state index in [1.807, 2.05) is 6.79 Å². The Balaban J connectivity index is -0.0000000544. The van der Waals surface area contributed by atoms with Gasteiger partial charge in [0.2, 0.25) is 0 Å². The zero-order valence-electron chi connectivity index (χ0n) is 17.1. The zero-order chi connectivity index (χ0) is 20.3. The topological polar surface area (TPSA) is 83.6 Å². The number of halogens is 4.